The molecule has 0 aliphatic carbocycles. The van der Waals surface area contributed by atoms with E-state index in [0.29, 0.717) is 23.0 Å². The summed E-state index contributed by atoms with van der Waals surface area (Å²) in [5.74, 6) is 0.827. The third kappa shape index (κ3) is 6.84. The summed E-state index contributed by atoms with van der Waals surface area (Å²) in [7, 11) is 0. The minimum Gasteiger partial charge on any atom is -0.491 e. The molecule has 3 rings (SSSR count). The Morgan fingerprint density at radius 2 is 1.67 bits per heavy atom. The lowest BCUT2D eigenvalue weighted by Gasteiger charge is -2.17. The standard InChI is InChI=1S/C25H29F3N4O/c1-5-17(4)33-20-12-10-19(11-13-20)30-24-29-15-21(25(26,27)28)23(32-24)31-22-9-7-6-8-18(22)14-16(2)3/h6-13,15-17H,5,14H2,1-4H3,(H2,29,30,31,32). The van der Waals surface area contributed by atoms with Gasteiger partial charge < -0.3 is 15.4 Å². The van der Waals surface area contributed by atoms with Crippen LogP contribution in [0, 0.1) is 5.92 Å². The van der Waals surface area contributed by atoms with Gasteiger partial charge in [0, 0.05) is 17.6 Å². The number of hydrogen-bond acceptors (Lipinski definition) is 5. The Bertz CT molecular complexity index is 1050. The van der Waals surface area contributed by atoms with Gasteiger partial charge in [-0.25, -0.2) is 4.98 Å². The monoisotopic (exact) mass is 458 g/mol. The molecule has 0 saturated carbocycles. The van der Waals surface area contributed by atoms with Crippen LogP contribution in [0.15, 0.2) is 54.7 Å². The number of ether oxygens (including phenoxy) is 1. The lowest BCUT2D eigenvalue weighted by Crippen LogP contribution is -2.13. The van der Waals surface area contributed by atoms with Gasteiger partial charge in [-0.2, -0.15) is 18.2 Å². The Labute approximate surface area is 192 Å². The van der Waals surface area contributed by atoms with Crippen molar-refractivity contribution in [3.63, 3.8) is 0 Å². The molecule has 0 aliphatic rings. The summed E-state index contributed by atoms with van der Waals surface area (Å²) in [6.45, 7) is 8.14. The van der Waals surface area contributed by atoms with E-state index in [0.717, 1.165) is 24.6 Å². The summed E-state index contributed by atoms with van der Waals surface area (Å²) in [6.07, 6.45) is -2.10. The maximum absolute atomic E-state index is 13.6. The third-order valence-electron chi connectivity index (χ3n) is 5.02. The van der Waals surface area contributed by atoms with Gasteiger partial charge in [-0.05, 0) is 61.6 Å². The molecule has 0 fully saturated rings. The second-order valence-corrected chi connectivity index (χ2v) is 8.32. The van der Waals surface area contributed by atoms with Crippen LogP contribution >= 0.6 is 0 Å². The second-order valence-electron chi connectivity index (χ2n) is 8.32. The molecule has 1 atom stereocenters. The van der Waals surface area contributed by atoms with Crippen molar-refractivity contribution >= 4 is 23.1 Å². The number of alkyl halides is 3. The Morgan fingerprint density at radius 1 is 0.970 bits per heavy atom. The summed E-state index contributed by atoms with van der Waals surface area (Å²) in [5, 5.41) is 5.85. The maximum Gasteiger partial charge on any atom is 0.421 e. The molecular weight excluding hydrogens is 429 g/mol. The number of rotatable bonds is 9. The fourth-order valence-electron chi connectivity index (χ4n) is 3.19. The first kappa shape index (κ1) is 24.4. The van der Waals surface area contributed by atoms with E-state index in [4.69, 9.17) is 4.74 Å². The van der Waals surface area contributed by atoms with Crippen LogP contribution < -0.4 is 15.4 Å². The molecule has 5 nitrogen and oxygen atoms in total. The molecule has 0 bridgehead atoms. The summed E-state index contributed by atoms with van der Waals surface area (Å²) >= 11 is 0. The van der Waals surface area contributed by atoms with Gasteiger partial charge in [-0.3, -0.25) is 0 Å². The van der Waals surface area contributed by atoms with Crippen LogP contribution in [-0.4, -0.2) is 16.1 Å². The quantitative estimate of drug-likeness (QED) is 0.351. The lowest BCUT2D eigenvalue weighted by molar-refractivity contribution is -0.137. The van der Waals surface area contributed by atoms with Crippen LogP contribution in [0.5, 0.6) is 5.75 Å². The van der Waals surface area contributed by atoms with Gasteiger partial charge in [0.1, 0.15) is 17.1 Å². The van der Waals surface area contributed by atoms with E-state index in [2.05, 4.69) is 34.4 Å². The van der Waals surface area contributed by atoms with Gasteiger partial charge >= 0.3 is 6.18 Å². The van der Waals surface area contributed by atoms with Gasteiger partial charge in [0.15, 0.2) is 0 Å². The molecule has 1 heterocycles. The van der Waals surface area contributed by atoms with E-state index in [1.54, 1.807) is 36.4 Å². The highest BCUT2D eigenvalue weighted by molar-refractivity contribution is 5.65. The molecule has 0 spiro atoms. The minimum atomic E-state index is -4.59. The molecular formula is C25H29F3N4O. The van der Waals surface area contributed by atoms with E-state index >= 15 is 0 Å². The summed E-state index contributed by atoms with van der Waals surface area (Å²) in [5.41, 5.74) is 1.22. The predicted octanol–water partition coefficient (Wildman–Crippen LogP) is 7.36. The summed E-state index contributed by atoms with van der Waals surface area (Å²) in [4.78, 5) is 8.03. The Hall–Kier alpha value is -3.29. The molecule has 3 aromatic rings. The zero-order valence-electron chi connectivity index (χ0n) is 19.2. The highest BCUT2D eigenvalue weighted by Gasteiger charge is 2.35. The molecule has 1 unspecified atom stereocenters. The summed E-state index contributed by atoms with van der Waals surface area (Å²) < 4.78 is 46.7. The minimum absolute atomic E-state index is 0.0578. The van der Waals surface area contributed by atoms with Crippen molar-refractivity contribution < 1.29 is 17.9 Å². The largest absolute Gasteiger partial charge is 0.491 e. The van der Waals surface area contributed by atoms with Crippen LogP contribution in [0.3, 0.4) is 0 Å². The van der Waals surface area contributed by atoms with E-state index in [-0.39, 0.29) is 17.9 Å². The molecule has 0 aliphatic heterocycles. The highest BCUT2D eigenvalue weighted by atomic mass is 19.4. The fraction of sp³-hybridized carbons (Fsp3) is 0.360. The smallest absolute Gasteiger partial charge is 0.421 e. The summed E-state index contributed by atoms with van der Waals surface area (Å²) in [6, 6.07) is 14.4. The normalized spacial score (nSPS) is 12.5. The van der Waals surface area contributed by atoms with Gasteiger partial charge in [0.2, 0.25) is 5.95 Å². The van der Waals surface area contributed by atoms with Crippen LogP contribution in [0.2, 0.25) is 0 Å². The zero-order chi connectivity index (χ0) is 24.0. The van der Waals surface area contributed by atoms with E-state index < -0.39 is 11.7 Å². The number of anilines is 4. The first-order valence-corrected chi connectivity index (χ1v) is 11.0. The number of nitrogens with zero attached hydrogens (tertiary/aromatic N) is 2. The van der Waals surface area contributed by atoms with Gasteiger partial charge in [-0.1, -0.05) is 39.0 Å². The molecule has 0 amide bonds. The number of aromatic nitrogens is 2. The Morgan fingerprint density at radius 3 is 2.30 bits per heavy atom. The van der Waals surface area contributed by atoms with E-state index in [1.807, 2.05) is 26.0 Å². The van der Waals surface area contributed by atoms with Crippen molar-refractivity contribution in [2.75, 3.05) is 10.6 Å². The molecule has 2 N–H and O–H groups in total. The first-order valence-electron chi connectivity index (χ1n) is 11.0. The topological polar surface area (TPSA) is 59.1 Å². The van der Waals surface area contributed by atoms with Crippen molar-refractivity contribution in [3.8, 4) is 5.75 Å². The van der Waals surface area contributed by atoms with Crippen LogP contribution in [0.25, 0.3) is 0 Å². The number of nitrogens with one attached hydrogen (secondary N) is 2. The van der Waals surface area contributed by atoms with E-state index in [9.17, 15) is 13.2 Å². The van der Waals surface area contributed by atoms with Gasteiger partial charge in [0.25, 0.3) is 0 Å². The second kappa shape index (κ2) is 10.6. The molecule has 1 aromatic heterocycles. The fourth-order valence-corrected chi connectivity index (χ4v) is 3.19. The molecule has 0 saturated heterocycles. The SMILES string of the molecule is CCC(C)Oc1ccc(Nc2ncc(C(F)(F)F)c(Nc3ccccc3CC(C)C)n2)cc1. The van der Waals surface area contributed by atoms with Crippen molar-refractivity contribution in [3.05, 3.63) is 65.9 Å². The van der Waals surface area contributed by atoms with Crippen LogP contribution in [-0.2, 0) is 12.6 Å². The average Bonchev–Trinajstić information content (AvgIpc) is 2.75. The maximum atomic E-state index is 13.6. The van der Waals surface area contributed by atoms with Crippen molar-refractivity contribution in [1.82, 2.24) is 9.97 Å². The van der Waals surface area contributed by atoms with Crippen molar-refractivity contribution in [2.45, 2.75) is 52.8 Å². The molecule has 0 radical (unpaired) electrons. The highest BCUT2D eigenvalue weighted by Crippen LogP contribution is 2.36. The third-order valence-corrected chi connectivity index (χ3v) is 5.02. The van der Waals surface area contributed by atoms with E-state index in [1.165, 1.54) is 0 Å². The first-order chi connectivity index (χ1) is 15.7. The number of para-hydroxylation sites is 1. The zero-order valence-corrected chi connectivity index (χ0v) is 19.2. The van der Waals surface area contributed by atoms with Crippen LogP contribution in [0.1, 0.15) is 45.2 Å². The molecule has 2 aromatic carbocycles. The Balaban J connectivity index is 1.87. The van der Waals surface area contributed by atoms with Gasteiger partial charge in [0.05, 0.1) is 6.10 Å². The number of benzene rings is 2. The molecule has 8 heteroatoms. The van der Waals surface area contributed by atoms with Gasteiger partial charge in [-0.15, -0.1) is 0 Å². The molecule has 33 heavy (non-hydrogen) atoms. The Kier molecular flexibility index (Phi) is 7.79. The number of hydrogen-bond donors (Lipinski definition) is 2. The molecule has 176 valence electrons. The van der Waals surface area contributed by atoms with Crippen molar-refractivity contribution in [1.29, 1.82) is 0 Å². The number of halogens is 3. The van der Waals surface area contributed by atoms with Crippen molar-refractivity contribution in [2.24, 2.45) is 5.92 Å². The van der Waals surface area contributed by atoms with Crippen LogP contribution in [0.4, 0.5) is 36.3 Å². The average molecular weight is 459 g/mol. The lowest BCUT2D eigenvalue weighted by atomic mass is 10.0. The predicted molar refractivity (Wildman–Crippen MR) is 125 cm³/mol.